The lowest BCUT2D eigenvalue weighted by atomic mass is 9.64. The third kappa shape index (κ3) is 2.56. The van der Waals surface area contributed by atoms with Gasteiger partial charge in [-0.2, -0.15) is 0 Å². The number of allylic oxidation sites excluding steroid dienone is 2. The fraction of sp³-hybridized carbons (Fsp3) is 0.364. The normalized spacial score (nSPS) is 25.7. The van der Waals surface area contributed by atoms with Crippen LogP contribution in [0.3, 0.4) is 0 Å². The zero-order valence-corrected chi connectivity index (χ0v) is 17.1. The molecule has 30 heavy (non-hydrogen) atoms. The van der Waals surface area contributed by atoms with Crippen LogP contribution in [0.2, 0.25) is 0 Å². The molecule has 0 saturated carbocycles. The van der Waals surface area contributed by atoms with Crippen molar-refractivity contribution in [2.24, 2.45) is 23.3 Å². The molecule has 4 rings (SSSR count). The van der Waals surface area contributed by atoms with E-state index in [0.29, 0.717) is 24.0 Å². The number of nitrogens with two attached hydrogens (primary N) is 2. The number of hydrogen-bond acceptors (Lipinski definition) is 7. The van der Waals surface area contributed by atoms with Gasteiger partial charge in [-0.1, -0.05) is 0 Å². The molecule has 0 spiro atoms. The predicted molar refractivity (Wildman–Crippen MR) is 111 cm³/mol. The van der Waals surface area contributed by atoms with Crippen molar-refractivity contribution in [2.45, 2.75) is 25.8 Å². The molecule has 3 aliphatic carbocycles. The number of rotatable bonds is 2. The molecule has 1 aromatic rings. The Hall–Kier alpha value is -3.26. The molecule has 158 valence electrons. The number of phenolic OH excluding ortho intramolecular Hbond substituents is 1. The summed E-state index contributed by atoms with van der Waals surface area (Å²) in [5.41, 5.74) is 14.1. The molecule has 1 amide bonds. The van der Waals surface area contributed by atoms with Crippen molar-refractivity contribution in [3.05, 3.63) is 57.1 Å². The number of primary amides is 1. The van der Waals surface area contributed by atoms with E-state index in [0.717, 1.165) is 11.3 Å². The first kappa shape index (κ1) is 20.0. The smallest absolute Gasteiger partial charge is 0.252 e. The number of ketones is 1. The maximum absolute atomic E-state index is 13.4. The molecule has 0 aliphatic heterocycles. The summed E-state index contributed by atoms with van der Waals surface area (Å²) in [6.07, 6.45) is 0.849. The van der Waals surface area contributed by atoms with E-state index in [9.17, 15) is 24.9 Å². The molecule has 7 N–H and O–H groups in total. The van der Waals surface area contributed by atoms with Gasteiger partial charge >= 0.3 is 0 Å². The number of amides is 1. The summed E-state index contributed by atoms with van der Waals surface area (Å²) in [7, 11) is 3.71. The van der Waals surface area contributed by atoms with Crippen LogP contribution < -0.4 is 16.4 Å². The Bertz CT molecular complexity index is 1100. The maximum Gasteiger partial charge on any atom is 0.252 e. The number of aliphatic hydroxyl groups excluding tert-OH is 2. The van der Waals surface area contributed by atoms with Gasteiger partial charge < -0.3 is 31.7 Å². The Balaban J connectivity index is 1.95. The molecular formula is C22H25N3O5. The van der Waals surface area contributed by atoms with Gasteiger partial charge in [0.2, 0.25) is 0 Å². The van der Waals surface area contributed by atoms with Crippen LogP contribution in [0, 0.1) is 11.8 Å². The minimum atomic E-state index is -0.913. The van der Waals surface area contributed by atoms with Crippen LogP contribution in [0.1, 0.15) is 29.3 Å². The van der Waals surface area contributed by atoms with Gasteiger partial charge in [0.15, 0.2) is 5.78 Å². The van der Waals surface area contributed by atoms with Crippen molar-refractivity contribution in [1.29, 1.82) is 0 Å². The second-order valence-corrected chi connectivity index (χ2v) is 8.38. The predicted octanol–water partition coefficient (Wildman–Crippen LogP) is 1.60. The highest BCUT2D eigenvalue weighted by atomic mass is 16.3. The van der Waals surface area contributed by atoms with Crippen molar-refractivity contribution in [2.75, 3.05) is 19.0 Å². The third-order valence-electron chi connectivity index (χ3n) is 6.53. The highest BCUT2D eigenvalue weighted by Crippen LogP contribution is 2.50. The quantitative estimate of drug-likeness (QED) is 0.496. The molecule has 8 heteroatoms. The zero-order chi connectivity index (χ0) is 22.1. The van der Waals surface area contributed by atoms with E-state index in [1.165, 1.54) is 6.07 Å². The van der Waals surface area contributed by atoms with E-state index in [2.05, 4.69) is 0 Å². The van der Waals surface area contributed by atoms with Gasteiger partial charge in [-0.3, -0.25) is 9.59 Å². The molecule has 0 fully saturated rings. The summed E-state index contributed by atoms with van der Waals surface area (Å²) in [5.74, 6) is -2.74. The van der Waals surface area contributed by atoms with E-state index in [-0.39, 0.29) is 39.9 Å². The van der Waals surface area contributed by atoms with Crippen LogP contribution in [-0.2, 0) is 11.2 Å². The first-order chi connectivity index (χ1) is 14.1. The standard InChI is InChI=1S/C22H25N3O5/c1-8-14-11(18(23)21(29)15(8)22(24)30)7-9-6-10-12(25(2)3)4-5-13(26)17(10)20(28)16(9)19(14)27/h4-5,9,11,18,26-27,29H,6-7,23H2,1-3H3,(H2,24,30). The van der Waals surface area contributed by atoms with Crippen LogP contribution in [0.25, 0.3) is 0 Å². The van der Waals surface area contributed by atoms with Crippen LogP contribution >= 0.6 is 0 Å². The maximum atomic E-state index is 13.4. The molecule has 0 heterocycles. The molecule has 0 saturated heterocycles. The van der Waals surface area contributed by atoms with Crippen molar-refractivity contribution >= 4 is 17.4 Å². The van der Waals surface area contributed by atoms with Crippen molar-refractivity contribution in [3.63, 3.8) is 0 Å². The van der Waals surface area contributed by atoms with Gasteiger partial charge in [-0.05, 0) is 49.0 Å². The molecular weight excluding hydrogens is 386 g/mol. The van der Waals surface area contributed by atoms with Gasteiger partial charge in [0.1, 0.15) is 17.3 Å². The van der Waals surface area contributed by atoms with E-state index >= 15 is 0 Å². The number of phenols is 1. The Kier molecular flexibility index (Phi) is 4.43. The summed E-state index contributed by atoms with van der Waals surface area (Å²) >= 11 is 0. The summed E-state index contributed by atoms with van der Waals surface area (Å²) < 4.78 is 0. The number of carbonyl (C=O) groups is 2. The molecule has 3 atom stereocenters. The fourth-order valence-electron chi connectivity index (χ4n) is 5.20. The van der Waals surface area contributed by atoms with E-state index in [1.807, 2.05) is 19.0 Å². The summed E-state index contributed by atoms with van der Waals surface area (Å²) in [6.45, 7) is 1.57. The number of carbonyl (C=O) groups excluding carboxylic acids is 2. The molecule has 8 nitrogen and oxygen atoms in total. The zero-order valence-electron chi connectivity index (χ0n) is 17.1. The monoisotopic (exact) mass is 411 g/mol. The van der Waals surface area contributed by atoms with Gasteiger partial charge in [0, 0.05) is 36.8 Å². The number of hydrogen-bond donors (Lipinski definition) is 5. The number of aromatic hydroxyl groups is 1. The molecule has 3 aliphatic rings. The number of Topliss-reactive ketones (excluding diaryl/α,β-unsaturated/α-hetero) is 1. The lowest BCUT2D eigenvalue weighted by Gasteiger charge is -2.41. The Morgan fingerprint density at radius 1 is 1.17 bits per heavy atom. The second kappa shape index (κ2) is 6.63. The summed E-state index contributed by atoms with van der Waals surface area (Å²) in [6, 6.07) is 2.32. The highest BCUT2D eigenvalue weighted by Gasteiger charge is 2.47. The van der Waals surface area contributed by atoms with Crippen molar-refractivity contribution < 1.29 is 24.9 Å². The lowest BCUT2D eigenvalue weighted by molar-refractivity contribution is -0.114. The van der Waals surface area contributed by atoms with Gasteiger partial charge in [-0.25, -0.2) is 0 Å². The Morgan fingerprint density at radius 2 is 1.83 bits per heavy atom. The van der Waals surface area contributed by atoms with E-state index < -0.39 is 23.7 Å². The molecule has 0 aromatic heterocycles. The van der Waals surface area contributed by atoms with Crippen LogP contribution in [-0.4, -0.2) is 47.1 Å². The number of fused-ring (bicyclic) bond motifs is 3. The lowest BCUT2D eigenvalue weighted by Crippen LogP contribution is -2.44. The number of aliphatic hydroxyl groups is 2. The minimum absolute atomic E-state index is 0.124. The molecule has 0 radical (unpaired) electrons. The van der Waals surface area contributed by atoms with Crippen molar-refractivity contribution in [1.82, 2.24) is 0 Å². The van der Waals surface area contributed by atoms with Crippen LogP contribution in [0.15, 0.2) is 45.9 Å². The van der Waals surface area contributed by atoms with E-state index in [1.54, 1.807) is 13.0 Å². The number of benzene rings is 1. The fourth-order valence-corrected chi connectivity index (χ4v) is 5.20. The molecule has 1 aromatic carbocycles. The minimum Gasteiger partial charge on any atom is -0.510 e. The third-order valence-corrected chi connectivity index (χ3v) is 6.53. The Morgan fingerprint density at radius 3 is 2.43 bits per heavy atom. The number of anilines is 1. The first-order valence-electron chi connectivity index (χ1n) is 9.76. The summed E-state index contributed by atoms with van der Waals surface area (Å²) in [4.78, 5) is 27.1. The largest absolute Gasteiger partial charge is 0.510 e. The van der Waals surface area contributed by atoms with Gasteiger partial charge in [-0.15, -0.1) is 0 Å². The molecule has 3 unspecified atom stereocenters. The van der Waals surface area contributed by atoms with Crippen LogP contribution in [0.5, 0.6) is 5.75 Å². The van der Waals surface area contributed by atoms with Crippen molar-refractivity contribution in [3.8, 4) is 5.75 Å². The van der Waals surface area contributed by atoms with Gasteiger partial charge in [0.25, 0.3) is 5.91 Å². The average Bonchev–Trinajstić information content (AvgIpc) is 2.65. The summed E-state index contributed by atoms with van der Waals surface area (Å²) in [5, 5.41) is 32.0. The first-order valence-corrected chi connectivity index (χ1v) is 9.76. The second-order valence-electron chi connectivity index (χ2n) is 8.38. The topological polar surface area (TPSA) is 150 Å². The average molecular weight is 411 g/mol. The highest BCUT2D eigenvalue weighted by molar-refractivity contribution is 6.14. The number of nitrogens with zero attached hydrogens (tertiary/aromatic N) is 1. The molecule has 0 bridgehead atoms. The Labute approximate surface area is 173 Å². The van der Waals surface area contributed by atoms with Crippen LogP contribution in [0.4, 0.5) is 5.69 Å². The SMILES string of the molecule is CC1=C2C(O)=C3C(=O)c4c(O)ccc(N(C)C)c4CC3CC2C(N)C(O)=C1C(N)=O. The van der Waals surface area contributed by atoms with Gasteiger partial charge in [0.05, 0.1) is 17.2 Å². The van der Waals surface area contributed by atoms with E-state index in [4.69, 9.17) is 11.5 Å².